The van der Waals surface area contributed by atoms with Gasteiger partial charge in [0.15, 0.2) is 11.5 Å². The van der Waals surface area contributed by atoms with Crippen LogP contribution in [0.25, 0.3) is 0 Å². The number of ketones is 1. The molecule has 0 N–H and O–H groups in total. The molecule has 64 valence electrons. The average molecular weight is 173 g/mol. The van der Waals surface area contributed by atoms with Gasteiger partial charge in [-0.2, -0.15) is 0 Å². The van der Waals surface area contributed by atoms with Gasteiger partial charge in [-0.25, -0.2) is 0 Å². The summed E-state index contributed by atoms with van der Waals surface area (Å²) >= 11 is 0. The third-order valence-corrected chi connectivity index (χ3v) is 4.53. The van der Waals surface area contributed by atoms with Gasteiger partial charge in [0, 0.05) is 5.92 Å². The van der Waals surface area contributed by atoms with E-state index in [4.69, 9.17) is 0 Å². The molecule has 11 heavy (non-hydrogen) atoms. The highest BCUT2D eigenvalue weighted by Gasteiger charge is 2.27. The van der Waals surface area contributed by atoms with E-state index in [2.05, 4.69) is 0 Å². The van der Waals surface area contributed by atoms with Crippen molar-refractivity contribution in [2.24, 2.45) is 5.92 Å². The van der Waals surface area contributed by atoms with Crippen molar-refractivity contribution in [1.82, 2.24) is 0 Å². The molecule has 0 saturated carbocycles. The van der Waals surface area contributed by atoms with Crippen molar-refractivity contribution in [3.8, 4) is 0 Å². The van der Waals surface area contributed by atoms with Gasteiger partial charge in [0.2, 0.25) is 0 Å². The maximum Gasteiger partial charge on any atom is 0.184 e. The third-order valence-electron chi connectivity index (χ3n) is 2.11. The molecule has 1 aliphatic heterocycles. The fourth-order valence-corrected chi connectivity index (χ4v) is 3.68. The molecule has 0 bridgehead atoms. The molecular weight excluding hydrogens is 156 g/mol. The van der Waals surface area contributed by atoms with E-state index in [0.717, 1.165) is 5.75 Å². The van der Waals surface area contributed by atoms with Crippen LogP contribution in [-0.4, -0.2) is 23.0 Å². The van der Waals surface area contributed by atoms with Crippen LogP contribution in [0.5, 0.6) is 0 Å². The lowest BCUT2D eigenvalue weighted by Gasteiger charge is -2.02. The molecule has 0 spiro atoms. The SMILES string of the molecule is CC(C)C(=O)C[S+]1CCCC1. The van der Waals surface area contributed by atoms with Crippen molar-refractivity contribution >= 4 is 16.7 Å². The summed E-state index contributed by atoms with van der Waals surface area (Å²) in [6.45, 7) is 4.00. The van der Waals surface area contributed by atoms with E-state index in [9.17, 15) is 4.79 Å². The van der Waals surface area contributed by atoms with Gasteiger partial charge in [-0.3, -0.25) is 4.79 Å². The fourth-order valence-electron chi connectivity index (χ4n) is 1.23. The molecule has 2 heteroatoms. The minimum absolute atomic E-state index is 0.253. The lowest BCUT2D eigenvalue weighted by molar-refractivity contribution is -0.119. The summed E-state index contributed by atoms with van der Waals surface area (Å²) in [4.78, 5) is 11.3. The minimum atomic E-state index is 0.253. The Morgan fingerprint density at radius 1 is 1.36 bits per heavy atom. The lowest BCUT2D eigenvalue weighted by Crippen LogP contribution is -2.21. The topological polar surface area (TPSA) is 17.1 Å². The third kappa shape index (κ3) is 2.86. The molecule has 0 radical (unpaired) electrons. The van der Waals surface area contributed by atoms with Crippen molar-refractivity contribution in [2.45, 2.75) is 26.7 Å². The van der Waals surface area contributed by atoms with Crippen molar-refractivity contribution in [1.29, 1.82) is 0 Å². The second kappa shape index (κ2) is 4.15. The summed E-state index contributed by atoms with van der Waals surface area (Å²) in [6.07, 6.45) is 2.71. The Morgan fingerprint density at radius 3 is 2.36 bits per heavy atom. The van der Waals surface area contributed by atoms with Crippen LogP contribution in [-0.2, 0) is 15.7 Å². The van der Waals surface area contributed by atoms with E-state index in [-0.39, 0.29) is 5.92 Å². The average Bonchev–Trinajstić information content (AvgIpc) is 2.39. The van der Waals surface area contributed by atoms with Gasteiger partial charge < -0.3 is 0 Å². The maximum atomic E-state index is 11.3. The van der Waals surface area contributed by atoms with Crippen LogP contribution < -0.4 is 0 Å². The van der Waals surface area contributed by atoms with E-state index in [1.54, 1.807) is 0 Å². The van der Waals surface area contributed by atoms with E-state index in [0.29, 0.717) is 16.7 Å². The summed E-state index contributed by atoms with van der Waals surface area (Å²) in [6, 6.07) is 0. The summed E-state index contributed by atoms with van der Waals surface area (Å²) in [5.41, 5.74) is 0. The zero-order chi connectivity index (χ0) is 8.27. The van der Waals surface area contributed by atoms with E-state index >= 15 is 0 Å². The second-order valence-electron chi connectivity index (χ2n) is 3.49. The molecule has 1 nitrogen and oxygen atoms in total. The summed E-state index contributed by atoms with van der Waals surface area (Å²) in [5, 5.41) is 0. The largest absolute Gasteiger partial charge is 0.294 e. The number of carbonyl (C=O) groups excluding carboxylic acids is 1. The fraction of sp³-hybridized carbons (Fsp3) is 0.889. The highest BCUT2D eigenvalue weighted by molar-refractivity contribution is 7.97. The minimum Gasteiger partial charge on any atom is -0.294 e. The summed E-state index contributed by atoms with van der Waals surface area (Å²) in [5.74, 6) is 4.23. The molecule has 1 fully saturated rings. The number of rotatable bonds is 3. The zero-order valence-electron chi connectivity index (χ0n) is 7.43. The van der Waals surface area contributed by atoms with Crippen LogP contribution >= 0.6 is 0 Å². The van der Waals surface area contributed by atoms with Crippen LogP contribution in [0, 0.1) is 5.92 Å². The maximum absolute atomic E-state index is 11.3. The van der Waals surface area contributed by atoms with Crippen LogP contribution in [0.2, 0.25) is 0 Å². The van der Waals surface area contributed by atoms with Gasteiger partial charge in [0.25, 0.3) is 0 Å². The highest BCUT2D eigenvalue weighted by Crippen LogP contribution is 2.14. The van der Waals surface area contributed by atoms with Gasteiger partial charge in [0.1, 0.15) is 11.5 Å². The molecule has 1 heterocycles. The molecule has 1 saturated heterocycles. The Morgan fingerprint density at radius 2 is 1.91 bits per heavy atom. The number of hydrogen-bond donors (Lipinski definition) is 0. The molecule has 0 unspecified atom stereocenters. The normalized spacial score (nSPS) is 19.5. The van der Waals surface area contributed by atoms with Gasteiger partial charge in [-0.1, -0.05) is 13.8 Å². The van der Waals surface area contributed by atoms with E-state index < -0.39 is 0 Å². The first-order valence-electron chi connectivity index (χ1n) is 4.37. The predicted octanol–water partition coefficient (Wildman–Crippen LogP) is 1.62. The molecule has 0 aliphatic carbocycles. The first-order chi connectivity index (χ1) is 5.20. The van der Waals surface area contributed by atoms with Crippen LogP contribution in [0.3, 0.4) is 0 Å². The van der Waals surface area contributed by atoms with Gasteiger partial charge in [-0.05, 0) is 23.7 Å². The molecule has 0 aromatic carbocycles. The number of carbonyl (C=O) groups is 1. The Balaban J connectivity index is 2.24. The summed E-state index contributed by atoms with van der Waals surface area (Å²) < 4.78 is 0. The molecule has 0 atom stereocenters. The Bertz CT molecular complexity index is 136. The van der Waals surface area contributed by atoms with Crippen molar-refractivity contribution in [3.05, 3.63) is 0 Å². The van der Waals surface area contributed by atoms with Gasteiger partial charge in [-0.15, -0.1) is 0 Å². The summed E-state index contributed by atoms with van der Waals surface area (Å²) in [7, 11) is 0.472. The van der Waals surface area contributed by atoms with Crippen molar-refractivity contribution < 1.29 is 4.79 Å². The van der Waals surface area contributed by atoms with Gasteiger partial charge >= 0.3 is 0 Å². The van der Waals surface area contributed by atoms with Crippen LogP contribution in [0.1, 0.15) is 26.7 Å². The Hall–Kier alpha value is 0.0200. The molecular formula is C9H17OS+. The van der Waals surface area contributed by atoms with Gasteiger partial charge in [0.05, 0.1) is 0 Å². The predicted molar refractivity (Wildman–Crippen MR) is 51.0 cm³/mol. The molecule has 0 aromatic heterocycles. The highest BCUT2D eigenvalue weighted by atomic mass is 32.2. The van der Waals surface area contributed by atoms with Crippen molar-refractivity contribution in [2.75, 3.05) is 17.3 Å². The lowest BCUT2D eigenvalue weighted by atomic mass is 10.1. The van der Waals surface area contributed by atoms with Crippen molar-refractivity contribution in [3.63, 3.8) is 0 Å². The number of hydrogen-bond acceptors (Lipinski definition) is 1. The smallest absolute Gasteiger partial charge is 0.184 e. The second-order valence-corrected chi connectivity index (χ2v) is 5.82. The first-order valence-corrected chi connectivity index (χ1v) is 6.10. The quantitative estimate of drug-likeness (QED) is 0.593. The standard InChI is InChI=1S/C9H17OS/c1-8(2)9(10)7-11-5-3-4-6-11/h8H,3-7H2,1-2H3/q+1. The molecule has 0 amide bonds. The molecule has 1 aliphatic rings. The molecule has 0 aromatic rings. The monoisotopic (exact) mass is 173 g/mol. The Labute approximate surface area is 71.9 Å². The zero-order valence-corrected chi connectivity index (χ0v) is 8.25. The number of Topliss-reactive ketones (excluding diaryl/α,β-unsaturated/α-hetero) is 1. The van der Waals surface area contributed by atoms with Crippen LogP contribution in [0.15, 0.2) is 0 Å². The van der Waals surface area contributed by atoms with Crippen LogP contribution in [0.4, 0.5) is 0 Å². The van der Waals surface area contributed by atoms with E-state index in [1.165, 1.54) is 24.3 Å². The van der Waals surface area contributed by atoms with E-state index in [1.807, 2.05) is 13.8 Å². The Kier molecular flexibility index (Phi) is 3.44. The first kappa shape index (κ1) is 9.11. The molecule has 1 rings (SSSR count).